The molecule has 1 aliphatic rings. The van der Waals surface area contributed by atoms with Gasteiger partial charge in [0.25, 0.3) is 5.91 Å². The van der Waals surface area contributed by atoms with Gasteiger partial charge in [-0.1, -0.05) is 13.8 Å². The van der Waals surface area contributed by atoms with Crippen LogP contribution in [0, 0.1) is 11.8 Å². The lowest BCUT2D eigenvalue weighted by Gasteiger charge is -2.34. The van der Waals surface area contributed by atoms with Crippen LogP contribution in [0.1, 0.15) is 49.4 Å². The molecule has 0 spiro atoms. The Hall–Kier alpha value is -2.12. The number of carbonyl (C=O) groups excluding carboxylic acids is 1. The molecule has 3 atom stereocenters. The molecule has 0 radical (unpaired) electrons. The van der Waals surface area contributed by atoms with Gasteiger partial charge in [0.1, 0.15) is 5.76 Å². The van der Waals surface area contributed by atoms with Crippen molar-refractivity contribution in [3.63, 3.8) is 0 Å². The van der Waals surface area contributed by atoms with Gasteiger partial charge in [-0.25, -0.2) is 8.42 Å². The zero-order valence-electron chi connectivity index (χ0n) is 15.9. The number of nitrogens with one attached hydrogen (secondary N) is 1. The Morgan fingerprint density at radius 2 is 1.78 bits per heavy atom. The minimum Gasteiger partial charge on any atom is -0.467 e. The number of nitrogens with zero attached hydrogens (tertiary/aromatic N) is 1. The fourth-order valence-electron chi connectivity index (χ4n) is 3.62. The maximum absolute atomic E-state index is 12.9. The van der Waals surface area contributed by atoms with Gasteiger partial charge in [0, 0.05) is 18.7 Å². The SMILES string of the molecule is C[C@@H]1C[C@H](C)CN(S(=O)(=O)c2ccc(C(=O)N[C@@H](C)c3ccco3)cc2)C1. The number of hydrogen-bond donors (Lipinski definition) is 1. The summed E-state index contributed by atoms with van der Waals surface area (Å²) in [4.78, 5) is 12.6. The highest BCUT2D eigenvalue weighted by atomic mass is 32.2. The van der Waals surface area contributed by atoms with Gasteiger partial charge in [-0.3, -0.25) is 4.79 Å². The number of piperidine rings is 1. The molecule has 1 saturated heterocycles. The predicted octanol–water partition coefficient (Wildman–Crippen LogP) is 3.44. The van der Waals surface area contributed by atoms with Crippen LogP contribution < -0.4 is 5.32 Å². The first-order valence-corrected chi connectivity index (χ1v) is 10.7. The predicted molar refractivity (Wildman–Crippen MR) is 103 cm³/mol. The highest BCUT2D eigenvalue weighted by Gasteiger charge is 2.31. The van der Waals surface area contributed by atoms with Crippen molar-refractivity contribution in [3.8, 4) is 0 Å². The van der Waals surface area contributed by atoms with Crippen LogP contribution in [0.15, 0.2) is 52.0 Å². The molecule has 0 aliphatic carbocycles. The first-order chi connectivity index (χ1) is 12.8. The van der Waals surface area contributed by atoms with Gasteiger partial charge < -0.3 is 9.73 Å². The monoisotopic (exact) mass is 390 g/mol. The van der Waals surface area contributed by atoms with Crippen molar-refractivity contribution in [2.24, 2.45) is 11.8 Å². The van der Waals surface area contributed by atoms with Crippen molar-refractivity contribution in [3.05, 3.63) is 54.0 Å². The van der Waals surface area contributed by atoms with Gasteiger partial charge in [0.15, 0.2) is 0 Å². The summed E-state index contributed by atoms with van der Waals surface area (Å²) in [6.45, 7) is 7.05. The fourth-order valence-corrected chi connectivity index (χ4v) is 5.30. The molecule has 2 aromatic rings. The molecule has 1 amide bonds. The van der Waals surface area contributed by atoms with Gasteiger partial charge in [0.2, 0.25) is 10.0 Å². The summed E-state index contributed by atoms with van der Waals surface area (Å²) in [5.41, 5.74) is 0.410. The molecule has 27 heavy (non-hydrogen) atoms. The largest absolute Gasteiger partial charge is 0.467 e. The second-order valence-electron chi connectivity index (χ2n) is 7.50. The van der Waals surface area contributed by atoms with E-state index in [4.69, 9.17) is 4.42 Å². The van der Waals surface area contributed by atoms with Gasteiger partial charge in [-0.15, -0.1) is 0 Å². The number of carbonyl (C=O) groups is 1. The molecule has 146 valence electrons. The zero-order chi connectivity index (χ0) is 19.6. The Morgan fingerprint density at radius 3 is 2.33 bits per heavy atom. The number of furan rings is 1. The third-order valence-electron chi connectivity index (χ3n) is 4.91. The Kier molecular flexibility index (Phi) is 5.72. The average Bonchev–Trinajstić information content (AvgIpc) is 3.16. The quantitative estimate of drug-likeness (QED) is 0.848. The van der Waals surface area contributed by atoms with Crippen LogP contribution in [-0.2, 0) is 10.0 Å². The smallest absolute Gasteiger partial charge is 0.251 e. The van der Waals surface area contributed by atoms with E-state index < -0.39 is 10.0 Å². The van der Waals surface area contributed by atoms with E-state index in [2.05, 4.69) is 19.2 Å². The molecule has 1 N–H and O–H groups in total. The van der Waals surface area contributed by atoms with E-state index in [1.807, 2.05) is 6.92 Å². The first kappa shape index (κ1) is 19.6. The van der Waals surface area contributed by atoms with E-state index in [0.29, 0.717) is 36.2 Å². The molecule has 1 aromatic heterocycles. The summed E-state index contributed by atoms with van der Waals surface area (Å²) in [5.74, 6) is 1.08. The highest BCUT2D eigenvalue weighted by molar-refractivity contribution is 7.89. The van der Waals surface area contributed by atoms with Crippen molar-refractivity contribution in [2.45, 2.75) is 38.1 Å². The molecule has 7 heteroatoms. The van der Waals surface area contributed by atoms with Crippen LogP contribution in [0.25, 0.3) is 0 Å². The lowest BCUT2D eigenvalue weighted by molar-refractivity contribution is 0.0935. The van der Waals surface area contributed by atoms with Crippen LogP contribution in [0.2, 0.25) is 0 Å². The van der Waals surface area contributed by atoms with Crippen molar-refractivity contribution in [2.75, 3.05) is 13.1 Å². The molecule has 3 rings (SSSR count). The average molecular weight is 391 g/mol. The number of sulfonamides is 1. The first-order valence-electron chi connectivity index (χ1n) is 9.22. The van der Waals surface area contributed by atoms with Crippen LogP contribution in [0.3, 0.4) is 0 Å². The summed E-state index contributed by atoms with van der Waals surface area (Å²) in [6.07, 6.45) is 2.60. The molecule has 1 fully saturated rings. The van der Waals surface area contributed by atoms with Crippen molar-refractivity contribution in [1.29, 1.82) is 0 Å². The van der Waals surface area contributed by atoms with Gasteiger partial charge >= 0.3 is 0 Å². The molecule has 2 heterocycles. The summed E-state index contributed by atoms with van der Waals surface area (Å²) < 4.78 is 32.6. The molecule has 0 unspecified atom stereocenters. The van der Waals surface area contributed by atoms with Gasteiger partial charge in [-0.2, -0.15) is 4.31 Å². The molecule has 6 nitrogen and oxygen atoms in total. The molecular weight excluding hydrogens is 364 g/mol. The van der Waals surface area contributed by atoms with Crippen LogP contribution in [0.4, 0.5) is 0 Å². The van der Waals surface area contributed by atoms with Crippen LogP contribution in [-0.4, -0.2) is 31.7 Å². The number of hydrogen-bond acceptors (Lipinski definition) is 4. The Labute approximate surface area is 160 Å². The van der Waals surface area contributed by atoms with Crippen molar-refractivity contribution < 1.29 is 17.6 Å². The van der Waals surface area contributed by atoms with E-state index in [1.165, 1.54) is 12.1 Å². The van der Waals surface area contributed by atoms with E-state index in [0.717, 1.165) is 6.42 Å². The zero-order valence-corrected chi connectivity index (χ0v) is 16.7. The van der Waals surface area contributed by atoms with Crippen molar-refractivity contribution >= 4 is 15.9 Å². The minimum absolute atomic E-state index is 0.222. The number of amides is 1. The molecule has 0 bridgehead atoms. The second-order valence-corrected chi connectivity index (χ2v) is 9.44. The van der Waals surface area contributed by atoms with Gasteiger partial charge in [-0.05, 0) is 61.6 Å². The van der Waals surface area contributed by atoms with E-state index in [1.54, 1.807) is 34.8 Å². The van der Waals surface area contributed by atoms with E-state index >= 15 is 0 Å². The Morgan fingerprint density at radius 1 is 1.15 bits per heavy atom. The topological polar surface area (TPSA) is 79.6 Å². The maximum atomic E-state index is 12.9. The lowest BCUT2D eigenvalue weighted by atomic mass is 9.94. The Bertz CT molecular complexity index is 865. The lowest BCUT2D eigenvalue weighted by Crippen LogP contribution is -2.42. The normalized spacial score (nSPS) is 22.3. The van der Waals surface area contributed by atoms with Crippen molar-refractivity contribution in [1.82, 2.24) is 9.62 Å². The Balaban J connectivity index is 1.71. The van der Waals surface area contributed by atoms with E-state index in [9.17, 15) is 13.2 Å². The standard InChI is InChI=1S/C20H26N2O4S/c1-14-11-15(2)13-22(12-14)27(24,25)18-8-6-17(7-9-18)20(23)21-16(3)19-5-4-10-26-19/h4-10,14-16H,11-13H2,1-3H3,(H,21,23)/t14-,15+,16-/m0/s1. The van der Waals surface area contributed by atoms with Crippen LogP contribution in [0.5, 0.6) is 0 Å². The molecule has 0 saturated carbocycles. The molecular formula is C20H26N2O4S. The third-order valence-corrected chi connectivity index (χ3v) is 6.75. The second kappa shape index (κ2) is 7.86. The fraction of sp³-hybridized carbons (Fsp3) is 0.450. The summed E-state index contributed by atoms with van der Waals surface area (Å²) in [5, 5.41) is 2.84. The third kappa shape index (κ3) is 4.42. The number of rotatable bonds is 5. The van der Waals surface area contributed by atoms with Gasteiger partial charge in [0.05, 0.1) is 17.2 Å². The summed E-state index contributed by atoms with van der Waals surface area (Å²) in [6, 6.07) is 9.40. The minimum atomic E-state index is -3.54. The summed E-state index contributed by atoms with van der Waals surface area (Å²) in [7, 11) is -3.54. The maximum Gasteiger partial charge on any atom is 0.251 e. The molecule has 1 aromatic carbocycles. The summed E-state index contributed by atoms with van der Waals surface area (Å²) >= 11 is 0. The van der Waals surface area contributed by atoms with E-state index in [-0.39, 0.29) is 16.8 Å². The number of benzene rings is 1. The molecule has 1 aliphatic heterocycles. The highest BCUT2D eigenvalue weighted by Crippen LogP contribution is 2.26. The van der Waals surface area contributed by atoms with Crippen LogP contribution >= 0.6 is 0 Å².